The number of anilines is 1. The fraction of sp³-hybridized carbons (Fsp3) is 0.211. The Morgan fingerprint density at radius 1 is 1.00 bits per heavy atom. The SMILES string of the molecule is CN(CC(=O)Nc1ccc2c(c1)n(C)c(=O)n2C)C(=O)c1ccccc1. The minimum atomic E-state index is -0.308. The molecule has 0 aliphatic heterocycles. The molecule has 0 aliphatic carbocycles. The lowest BCUT2D eigenvalue weighted by molar-refractivity contribution is -0.116. The third kappa shape index (κ3) is 3.23. The third-order valence-electron chi connectivity index (χ3n) is 4.30. The zero-order valence-electron chi connectivity index (χ0n) is 14.9. The number of aromatic nitrogens is 2. The number of likely N-dealkylation sites (N-methyl/N-ethyl adjacent to an activating group) is 1. The van der Waals surface area contributed by atoms with Crippen molar-refractivity contribution in [2.45, 2.75) is 0 Å². The standard InChI is InChI=1S/C19H20N4O3/c1-21(18(25)13-7-5-4-6-8-13)12-17(24)20-14-9-10-15-16(11-14)23(3)19(26)22(15)2/h4-11H,12H2,1-3H3,(H,20,24). The molecule has 0 aliphatic rings. The average molecular weight is 352 g/mol. The first kappa shape index (κ1) is 17.5. The van der Waals surface area contributed by atoms with Crippen LogP contribution in [0.2, 0.25) is 0 Å². The van der Waals surface area contributed by atoms with E-state index in [0.717, 1.165) is 11.0 Å². The summed E-state index contributed by atoms with van der Waals surface area (Å²) in [6.07, 6.45) is 0. The van der Waals surface area contributed by atoms with Gasteiger partial charge in [0, 0.05) is 32.4 Å². The fourth-order valence-electron chi connectivity index (χ4n) is 2.87. The number of nitrogens with zero attached hydrogens (tertiary/aromatic N) is 3. The van der Waals surface area contributed by atoms with Crippen molar-refractivity contribution in [3.63, 3.8) is 0 Å². The minimum absolute atomic E-state index is 0.0700. The van der Waals surface area contributed by atoms with Gasteiger partial charge >= 0.3 is 5.69 Å². The van der Waals surface area contributed by atoms with Crippen LogP contribution >= 0.6 is 0 Å². The summed E-state index contributed by atoms with van der Waals surface area (Å²) in [5.41, 5.74) is 2.49. The normalized spacial score (nSPS) is 10.7. The second-order valence-electron chi connectivity index (χ2n) is 6.18. The monoisotopic (exact) mass is 352 g/mol. The van der Waals surface area contributed by atoms with Crippen LogP contribution in [0.3, 0.4) is 0 Å². The number of aryl methyl sites for hydroxylation is 2. The number of hydrogen-bond acceptors (Lipinski definition) is 3. The van der Waals surface area contributed by atoms with Crippen LogP contribution in [0, 0.1) is 0 Å². The summed E-state index contributed by atoms with van der Waals surface area (Å²) >= 11 is 0. The molecule has 26 heavy (non-hydrogen) atoms. The van der Waals surface area contributed by atoms with Crippen LogP contribution in [0.15, 0.2) is 53.3 Å². The Bertz CT molecular complexity index is 1030. The molecular formula is C19H20N4O3. The van der Waals surface area contributed by atoms with Gasteiger partial charge in [0.05, 0.1) is 17.6 Å². The first-order valence-electron chi connectivity index (χ1n) is 8.14. The number of hydrogen-bond donors (Lipinski definition) is 1. The summed E-state index contributed by atoms with van der Waals surface area (Å²) in [6, 6.07) is 14.1. The molecule has 2 amide bonds. The van der Waals surface area contributed by atoms with Gasteiger partial charge in [-0.25, -0.2) is 4.79 Å². The van der Waals surface area contributed by atoms with E-state index in [1.54, 1.807) is 68.2 Å². The predicted octanol–water partition coefficient (Wildman–Crippen LogP) is 1.59. The van der Waals surface area contributed by atoms with Crippen molar-refractivity contribution >= 4 is 28.5 Å². The number of rotatable bonds is 4. The molecule has 7 heteroatoms. The molecule has 1 N–H and O–H groups in total. The lowest BCUT2D eigenvalue weighted by Crippen LogP contribution is -2.34. The maximum absolute atomic E-state index is 12.3. The quantitative estimate of drug-likeness (QED) is 0.775. The minimum Gasteiger partial charge on any atom is -0.332 e. The number of benzene rings is 2. The Morgan fingerprint density at radius 3 is 2.35 bits per heavy atom. The highest BCUT2D eigenvalue weighted by Gasteiger charge is 2.15. The molecule has 1 aromatic heterocycles. The van der Waals surface area contributed by atoms with Crippen molar-refractivity contribution in [3.05, 3.63) is 64.6 Å². The van der Waals surface area contributed by atoms with E-state index >= 15 is 0 Å². The Morgan fingerprint density at radius 2 is 1.65 bits per heavy atom. The Hall–Kier alpha value is -3.35. The van der Waals surface area contributed by atoms with Crippen LogP contribution in [-0.4, -0.2) is 39.4 Å². The molecule has 3 aromatic rings. The number of nitrogens with one attached hydrogen (secondary N) is 1. The van der Waals surface area contributed by atoms with E-state index in [2.05, 4.69) is 5.32 Å². The first-order chi connectivity index (χ1) is 12.4. The maximum Gasteiger partial charge on any atom is 0.328 e. The van der Waals surface area contributed by atoms with Crippen LogP contribution in [0.25, 0.3) is 11.0 Å². The van der Waals surface area contributed by atoms with Gasteiger partial charge in [0.1, 0.15) is 0 Å². The van der Waals surface area contributed by atoms with Crippen LogP contribution < -0.4 is 11.0 Å². The van der Waals surface area contributed by atoms with Crippen molar-refractivity contribution < 1.29 is 9.59 Å². The summed E-state index contributed by atoms with van der Waals surface area (Å²) in [7, 11) is 4.97. The first-order valence-corrected chi connectivity index (χ1v) is 8.14. The highest BCUT2D eigenvalue weighted by atomic mass is 16.2. The van der Waals surface area contributed by atoms with Crippen molar-refractivity contribution in [2.75, 3.05) is 18.9 Å². The van der Waals surface area contributed by atoms with Crippen LogP contribution in [0.1, 0.15) is 10.4 Å². The second kappa shape index (κ2) is 6.87. The van der Waals surface area contributed by atoms with Gasteiger partial charge < -0.3 is 10.2 Å². The third-order valence-corrected chi connectivity index (χ3v) is 4.30. The lowest BCUT2D eigenvalue weighted by atomic mass is 10.2. The van der Waals surface area contributed by atoms with E-state index in [9.17, 15) is 14.4 Å². The van der Waals surface area contributed by atoms with Gasteiger partial charge in [-0.05, 0) is 30.3 Å². The van der Waals surface area contributed by atoms with E-state index in [1.807, 2.05) is 6.07 Å². The predicted molar refractivity (Wildman–Crippen MR) is 100 cm³/mol. The molecule has 0 spiro atoms. The summed E-state index contributed by atoms with van der Waals surface area (Å²) < 4.78 is 3.07. The van der Waals surface area contributed by atoms with E-state index in [-0.39, 0.29) is 24.0 Å². The summed E-state index contributed by atoms with van der Waals surface area (Å²) in [6.45, 7) is -0.0700. The van der Waals surface area contributed by atoms with Gasteiger partial charge in [0.25, 0.3) is 5.91 Å². The van der Waals surface area contributed by atoms with Gasteiger partial charge in [0.2, 0.25) is 5.91 Å². The molecule has 2 aromatic carbocycles. The van der Waals surface area contributed by atoms with E-state index in [1.165, 1.54) is 9.47 Å². The molecule has 0 fully saturated rings. The molecule has 0 radical (unpaired) electrons. The number of carbonyl (C=O) groups excluding carboxylic acids is 2. The van der Waals surface area contributed by atoms with Gasteiger partial charge in [-0.2, -0.15) is 0 Å². The zero-order valence-corrected chi connectivity index (χ0v) is 14.9. The molecule has 0 atom stereocenters. The smallest absolute Gasteiger partial charge is 0.328 e. The highest BCUT2D eigenvalue weighted by Crippen LogP contribution is 2.17. The number of imidazole rings is 1. The molecule has 0 unspecified atom stereocenters. The Labute approximate surface area is 150 Å². The largest absolute Gasteiger partial charge is 0.332 e. The van der Waals surface area contributed by atoms with Crippen molar-refractivity contribution in [1.29, 1.82) is 0 Å². The van der Waals surface area contributed by atoms with Crippen LogP contribution in [0.4, 0.5) is 5.69 Å². The lowest BCUT2D eigenvalue weighted by Gasteiger charge is -2.17. The molecule has 0 saturated heterocycles. The van der Waals surface area contributed by atoms with E-state index < -0.39 is 0 Å². The summed E-state index contributed by atoms with van der Waals surface area (Å²) in [5.74, 6) is -0.529. The number of amides is 2. The van der Waals surface area contributed by atoms with E-state index in [4.69, 9.17) is 0 Å². The summed E-state index contributed by atoms with van der Waals surface area (Å²) in [4.78, 5) is 37.9. The molecule has 0 saturated carbocycles. The number of fused-ring (bicyclic) bond motifs is 1. The fourth-order valence-corrected chi connectivity index (χ4v) is 2.87. The van der Waals surface area contributed by atoms with E-state index in [0.29, 0.717) is 11.3 Å². The molecule has 0 bridgehead atoms. The average Bonchev–Trinajstić information content (AvgIpc) is 2.85. The molecule has 3 rings (SSSR count). The molecular weight excluding hydrogens is 332 g/mol. The van der Waals surface area contributed by atoms with Crippen LogP contribution in [0.5, 0.6) is 0 Å². The maximum atomic E-state index is 12.3. The van der Waals surface area contributed by atoms with Gasteiger partial charge in [-0.1, -0.05) is 18.2 Å². The second-order valence-corrected chi connectivity index (χ2v) is 6.18. The van der Waals surface area contributed by atoms with Crippen LogP contribution in [-0.2, 0) is 18.9 Å². The van der Waals surface area contributed by atoms with Gasteiger partial charge in [0.15, 0.2) is 0 Å². The highest BCUT2D eigenvalue weighted by molar-refractivity contribution is 5.99. The van der Waals surface area contributed by atoms with Gasteiger partial charge in [-0.3, -0.25) is 18.7 Å². The topological polar surface area (TPSA) is 76.3 Å². The number of carbonyl (C=O) groups is 2. The molecule has 134 valence electrons. The Balaban J connectivity index is 1.72. The van der Waals surface area contributed by atoms with Crippen molar-refractivity contribution in [3.8, 4) is 0 Å². The molecule has 7 nitrogen and oxygen atoms in total. The van der Waals surface area contributed by atoms with Gasteiger partial charge in [-0.15, -0.1) is 0 Å². The Kier molecular flexibility index (Phi) is 4.62. The van der Waals surface area contributed by atoms with Crippen molar-refractivity contribution in [1.82, 2.24) is 14.0 Å². The zero-order chi connectivity index (χ0) is 18.8. The molecule has 1 heterocycles. The van der Waals surface area contributed by atoms with Crippen molar-refractivity contribution in [2.24, 2.45) is 14.1 Å². The summed E-state index contributed by atoms with van der Waals surface area (Å²) in [5, 5.41) is 2.77.